The zero-order valence-corrected chi connectivity index (χ0v) is 9.07. The molecule has 0 aliphatic heterocycles. The van der Waals surface area contributed by atoms with Crippen molar-refractivity contribution in [3.8, 4) is 0 Å². The number of hydrogen-bond acceptors (Lipinski definition) is 2. The Morgan fingerprint density at radius 3 is 2.39 bits per heavy atom. The highest BCUT2D eigenvalue weighted by molar-refractivity contribution is 5.84. The first-order valence-corrected chi connectivity index (χ1v) is 4.75. The van der Waals surface area contributed by atoms with Crippen molar-refractivity contribution >= 4 is 11.8 Å². The molecule has 0 radical (unpaired) electrons. The fourth-order valence-corrected chi connectivity index (χ4v) is 1.14. The number of nitrogens with one attached hydrogen (secondary N) is 1. The van der Waals surface area contributed by atoms with E-state index in [4.69, 9.17) is 0 Å². The van der Waals surface area contributed by atoms with Gasteiger partial charge in [0.15, 0.2) is 0 Å². The van der Waals surface area contributed by atoms with Gasteiger partial charge in [-0.05, 0) is 13.0 Å². The molecule has 0 saturated heterocycles. The molecule has 0 unspecified atom stereocenters. The fourth-order valence-electron chi connectivity index (χ4n) is 1.14. The zero-order valence-electron chi connectivity index (χ0n) is 9.07. The summed E-state index contributed by atoms with van der Waals surface area (Å²) in [6.07, 6.45) is -6.09. The van der Waals surface area contributed by atoms with E-state index < -0.39 is 35.2 Å². The van der Waals surface area contributed by atoms with Gasteiger partial charge in [0.1, 0.15) is 11.6 Å². The average molecular weight is 269 g/mol. The van der Waals surface area contributed by atoms with Crippen LogP contribution in [-0.2, 0) is 10.9 Å². The molecule has 0 bridgehead atoms. The monoisotopic (exact) mass is 269 g/mol. The van der Waals surface area contributed by atoms with Gasteiger partial charge in [0, 0.05) is 6.07 Å². The summed E-state index contributed by atoms with van der Waals surface area (Å²) in [4.78, 5) is 10.9. The maximum absolute atomic E-state index is 13.2. The molecule has 1 amide bonds. The number of amides is 1. The zero-order chi connectivity index (χ0) is 13.9. The van der Waals surface area contributed by atoms with Crippen LogP contribution in [0, 0.1) is 11.6 Å². The van der Waals surface area contributed by atoms with Crippen LogP contribution in [0.2, 0.25) is 0 Å². The van der Waals surface area contributed by atoms with Gasteiger partial charge in [-0.1, -0.05) is 0 Å². The third-order valence-electron chi connectivity index (χ3n) is 1.87. The predicted molar refractivity (Wildman–Crippen MR) is 52.0 cm³/mol. The van der Waals surface area contributed by atoms with Crippen LogP contribution in [0.5, 0.6) is 0 Å². The highest BCUT2D eigenvalue weighted by atomic mass is 19.4. The smallest absolute Gasteiger partial charge is 0.419 e. The number of halogens is 5. The normalized spacial score (nSPS) is 11.2. The van der Waals surface area contributed by atoms with Crippen molar-refractivity contribution in [3.63, 3.8) is 0 Å². The predicted octanol–water partition coefficient (Wildman–Crippen LogP) is 3.55. The van der Waals surface area contributed by atoms with E-state index in [2.05, 4.69) is 4.74 Å². The van der Waals surface area contributed by atoms with E-state index in [1.54, 1.807) is 5.32 Å². The number of rotatable bonds is 2. The lowest BCUT2D eigenvalue weighted by atomic mass is 10.1. The van der Waals surface area contributed by atoms with E-state index >= 15 is 0 Å². The largest absolute Gasteiger partial charge is 0.450 e. The SMILES string of the molecule is CCOC(=O)Nc1cc(F)c(C(F)(F)F)cc1F. The molecule has 0 spiro atoms. The number of hydrogen-bond donors (Lipinski definition) is 1. The lowest BCUT2D eigenvalue weighted by Crippen LogP contribution is -2.16. The van der Waals surface area contributed by atoms with Gasteiger partial charge >= 0.3 is 12.3 Å². The topological polar surface area (TPSA) is 38.3 Å². The van der Waals surface area contributed by atoms with Crippen molar-refractivity contribution in [3.05, 3.63) is 29.3 Å². The highest BCUT2D eigenvalue weighted by Crippen LogP contribution is 2.33. The first-order chi connectivity index (χ1) is 8.25. The summed E-state index contributed by atoms with van der Waals surface area (Å²) in [5.74, 6) is -3.09. The fraction of sp³-hybridized carbons (Fsp3) is 0.300. The summed E-state index contributed by atoms with van der Waals surface area (Å²) in [5.41, 5.74) is -2.46. The number of carbonyl (C=O) groups excluding carboxylic acids is 1. The van der Waals surface area contributed by atoms with Crippen LogP contribution in [-0.4, -0.2) is 12.7 Å². The molecule has 18 heavy (non-hydrogen) atoms. The van der Waals surface area contributed by atoms with Crippen LogP contribution in [0.15, 0.2) is 12.1 Å². The molecule has 0 atom stereocenters. The molecule has 0 aliphatic rings. The van der Waals surface area contributed by atoms with Gasteiger partial charge in [-0.15, -0.1) is 0 Å². The Morgan fingerprint density at radius 2 is 1.89 bits per heavy atom. The summed E-state index contributed by atoms with van der Waals surface area (Å²) in [6.45, 7) is 1.46. The van der Waals surface area contributed by atoms with Gasteiger partial charge in [0.2, 0.25) is 0 Å². The number of benzene rings is 1. The molecule has 8 heteroatoms. The first kappa shape index (κ1) is 14.2. The van der Waals surface area contributed by atoms with E-state index in [-0.39, 0.29) is 18.7 Å². The Morgan fingerprint density at radius 1 is 1.28 bits per heavy atom. The second-order valence-corrected chi connectivity index (χ2v) is 3.16. The van der Waals surface area contributed by atoms with Crippen molar-refractivity contribution in [1.29, 1.82) is 0 Å². The lowest BCUT2D eigenvalue weighted by Gasteiger charge is -2.11. The van der Waals surface area contributed by atoms with Gasteiger partial charge < -0.3 is 4.74 Å². The molecule has 3 nitrogen and oxygen atoms in total. The van der Waals surface area contributed by atoms with E-state index in [1.165, 1.54) is 6.92 Å². The van der Waals surface area contributed by atoms with E-state index in [9.17, 15) is 26.7 Å². The Balaban J connectivity index is 3.04. The van der Waals surface area contributed by atoms with Crippen molar-refractivity contribution in [2.45, 2.75) is 13.1 Å². The molecule has 1 rings (SSSR count). The van der Waals surface area contributed by atoms with Gasteiger partial charge in [-0.3, -0.25) is 5.32 Å². The minimum Gasteiger partial charge on any atom is -0.450 e. The summed E-state index contributed by atoms with van der Waals surface area (Å²) in [6, 6.07) is 0.214. The second kappa shape index (κ2) is 5.19. The van der Waals surface area contributed by atoms with Crippen LogP contribution < -0.4 is 5.32 Å². The minimum atomic E-state index is -5.01. The minimum absolute atomic E-state index is 0.0173. The molecule has 1 aromatic rings. The summed E-state index contributed by atoms with van der Waals surface area (Å²) < 4.78 is 67.4. The molecule has 100 valence electrons. The van der Waals surface area contributed by atoms with Crippen molar-refractivity contribution in [2.24, 2.45) is 0 Å². The Kier molecular flexibility index (Phi) is 4.10. The number of anilines is 1. The summed E-state index contributed by atoms with van der Waals surface area (Å²) in [5, 5.41) is 1.79. The molecule has 0 saturated carbocycles. The van der Waals surface area contributed by atoms with Crippen molar-refractivity contribution in [1.82, 2.24) is 0 Å². The summed E-state index contributed by atoms with van der Waals surface area (Å²) in [7, 11) is 0. The maximum Gasteiger partial charge on any atom is 0.419 e. The van der Waals surface area contributed by atoms with Gasteiger partial charge in [-0.2, -0.15) is 13.2 Å². The van der Waals surface area contributed by atoms with Crippen LogP contribution in [0.4, 0.5) is 32.4 Å². The molecule has 1 aromatic carbocycles. The van der Waals surface area contributed by atoms with E-state index in [1.807, 2.05) is 0 Å². The first-order valence-electron chi connectivity index (χ1n) is 4.75. The van der Waals surface area contributed by atoms with Crippen molar-refractivity contribution < 1.29 is 31.5 Å². The Bertz CT molecular complexity index is 458. The molecule has 0 aliphatic carbocycles. The highest BCUT2D eigenvalue weighted by Gasteiger charge is 2.35. The van der Waals surface area contributed by atoms with Crippen LogP contribution in [0.25, 0.3) is 0 Å². The number of carbonyl (C=O) groups is 1. The van der Waals surface area contributed by atoms with Crippen LogP contribution in [0.3, 0.4) is 0 Å². The molecule has 1 N–H and O–H groups in total. The molecular weight excluding hydrogens is 261 g/mol. The standard InChI is InChI=1S/C10H8F5NO2/c1-2-18-9(17)16-8-4-6(11)5(3-7(8)12)10(13,14)15/h3-4H,2H2,1H3,(H,16,17). The van der Waals surface area contributed by atoms with Crippen molar-refractivity contribution in [2.75, 3.05) is 11.9 Å². The Hall–Kier alpha value is -1.86. The lowest BCUT2D eigenvalue weighted by molar-refractivity contribution is -0.140. The van der Waals surface area contributed by atoms with E-state index in [0.29, 0.717) is 0 Å². The van der Waals surface area contributed by atoms with E-state index in [0.717, 1.165) is 0 Å². The quantitative estimate of drug-likeness (QED) is 0.834. The molecule has 0 aromatic heterocycles. The molecule has 0 fully saturated rings. The second-order valence-electron chi connectivity index (χ2n) is 3.16. The Labute approximate surface area is 98.5 Å². The van der Waals surface area contributed by atoms with Crippen LogP contribution >= 0.6 is 0 Å². The van der Waals surface area contributed by atoms with Gasteiger partial charge in [-0.25, -0.2) is 13.6 Å². The number of alkyl halides is 3. The summed E-state index contributed by atoms with van der Waals surface area (Å²) >= 11 is 0. The number of ether oxygens (including phenoxy) is 1. The van der Waals surface area contributed by atoms with Gasteiger partial charge in [0.05, 0.1) is 17.9 Å². The maximum atomic E-state index is 13.2. The molecular formula is C10H8F5NO2. The third-order valence-corrected chi connectivity index (χ3v) is 1.87. The average Bonchev–Trinajstić information content (AvgIpc) is 2.21. The molecule has 0 heterocycles. The van der Waals surface area contributed by atoms with Crippen LogP contribution in [0.1, 0.15) is 12.5 Å². The van der Waals surface area contributed by atoms with Gasteiger partial charge in [0.25, 0.3) is 0 Å². The third kappa shape index (κ3) is 3.31.